The molecule has 39 heavy (non-hydrogen) atoms. The van der Waals surface area contributed by atoms with E-state index in [-0.39, 0.29) is 19.4 Å². The molecule has 0 saturated heterocycles. The van der Waals surface area contributed by atoms with E-state index in [4.69, 9.17) is 20.1 Å². The van der Waals surface area contributed by atoms with E-state index < -0.39 is 79.0 Å². The van der Waals surface area contributed by atoms with Gasteiger partial charge in [-0.1, -0.05) is 30.3 Å². The molecule has 0 radical (unpaired) electrons. The standard InChI is InChI=1S/C25H33N3O11/c1-15(26-19(29)9-5-6-10-22(34)39-14-16-7-3-2-4-8-16)23(35)27-17(11-12-20(30)31)24(36)28-18(25(37)38)13-21(32)33/h2-4,7-8,15,17-18H,5-6,9-14H2,1H3,(H,26,29)(H,27,35)(H,28,36)(H,30,31)(H,32,33)(H,37,38). The quantitative estimate of drug-likeness (QED) is 0.107. The van der Waals surface area contributed by atoms with Crippen molar-refractivity contribution >= 4 is 41.6 Å². The monoisotopic (exact) mass is 551 g/mol. The molecular weight excluding hydrogens is 518 g/mol. The van der Waals surface area contributed by atoms with Crippen molar-refractivity contribution in [3.63, 3.8) is 0 Å². The molecular formula is C25H33N3O11. The molecule has 0 aliphatic carbocycles. The number of unbranched alkanes of at least 4 members (excludes halogenated alkanes) is 1. The van der Waals surface area contributed by atoms with Gasteiger partial charge in [0.25, 0.3) is 0 Å². The number of benzene rings is 1. The van der Waals surface area contributed by atoms with Crippen molar-refractivity contribution in [1.29, 1.82) is 0 Å². The van der Waals surface area contributed by atoms with E-state index in [9.17, 15) is 33.6 Å². The Labute approximate surface area is 224 Å². The molecule has 3 atom stereocenters. The first kappa shape index (κ1) is 32.5. The fraction of sp³-hybridized carbons (Fsp3) is 0.480. The first-order valence-corrected chi connectivity index (χ1v) is 12.1. The molecule has 1 aromatic rings. The predicted octanol–water partition coefficient (Wildman–Crippen LogP) is 0.189. The Morgan fingerprint density at radius 2 is 1.38 bits per heavy atom. The van der Waals surface area contributed by atoms with Crippen LogP contribution in [0.4, 0.5) is 0 Å². The number of nitrogens with one attached hydrogen (secondary N) is 3. The number of rotatable bonds is 18. The number of carboxylic acid groups (broad SMARTS) is 3. The topological polar surface area (TPSA) is 225 Å². The minimum atomic E-state index is -1.80. The average Bonchev–Trinajstić information content (AvgIpc) is 2.87. The number of carboxylic acids is 3. The normalized spacial score (nSPS) is 12.7. The molecule has 0 aliphatic heterocycles. The van der Waals surface area contributed by atoms with Crippen molar-refractivity contribution in [2.24, 2.45) is 0 Å². The van der Waals surface area contributed by atoms with E-state index in [2.05, 4.69) is 10.6 Å². The molecule has 0 fully saturated rings. The summed E-state index contributed by atoms with van der Waals surface area (Å²) in [5, 5.41) is 33.5. The third-order valence-corrected chi connectivity index (χ3v) is 5.32. The van der Waals surface area contributed by atoms with Crippen LogP contribution in [0.1, 0.15) is 57.4 Å². The number of esters is 1. The summed E-state index contributed by atoms with van der Waals surface area (Å²) in [4.78, 5) is 82.0. The van der Waals surface area contributed by atoms with E-state index in [1.54, 1.807) is 0 Å². The second kappa shape index (κ2) is 17.1. The summed E-state index contributed by atoms with van der Waals surface area (Å²) in [6, 6.07) is 4.71. The Hall–Kier alpha value is -4.49. The number of amides is 3. The SMILES string of the molecule is CC(NC(=O)CCCCC(=O)OCc1ccccc1)C(=O)NC(CCC(=O)O)C(=O)NC(CC(=O)O)C(=O)O. The summed E-state index contributed by atoms with van der Waals surface area (Å²) in [7, 11) is 0. The highest BCUT2D eigenvalue weighted by atomic mass is 16.5. The van der Waals surface area contributed by atoms with Crippen LogP contribution in [0, 0.1) is 0 Å². The molecule has 0 bridgehead atoms. The molecule has 0 aromatic heterocycles. The zero-order valence-electron chi connectivity index (χ0n) is 21.4. The Kier molecular flexibility index (Phi) is 14.3. The van der Waals surface area contributed by atoms with Crippen molar-refractivity contribution in [2.75, 3.05) is 0 Å². The van der Waals surface area contributed by atoms with Crippen LogP contribution >= 0.6 is 0 Å². The summed E-state index contributed by atoms with van der Waals surface area (Å²) in [5.74, 6) is -7.25. The Balaban J connectivity index is 2.51. The highest BCUT2D eigenvalue weighted by molar-refractivity contribution is 5.94. The molecule has 1 aromatic carbocycles. The van der Waals surface area contributed by atoms with Gasteiger partial charge in [0.15, 0.2) is 0 Å². The van der Waals surface area contributed by atoms with Crippen LogP contribution in [0.5, 0.6) is 0 Å². The van der Waals surface area contributed by atoms with Gasteiger partial charge in [-0.25, -0.2) is 4.79 Å². The van der Waals surface area contributed by atoms with Crippen molar-refractivity contribution in [2.45, 2.75) is 76.6 Å². The molecule has 14 heteroatoms. The van der Waals surface area contributed by atoms with Gasteiger partial charge in [0.2, 0.25) is 17.7 Å². The molecule has 0 aliphatic rings. The Bertz CT molecular complexity index is 1030. The number of aliphatic carboxylic acids is 3. The molecule has 14 nitrogen and oxygen atoms in total. The number of carbonyl (C=O) groups is 7. The van der Waals surface area contributed by atoms with Gasteiger partial charge < -0.3 is 36.0 Å². The highest BCUT2D eigenvalue weighted by Crippen LogP contribution is 2.06. The minimum Gasteiger partial charge on any atom is -0.481 e. The first-order valence-electron chi connectivity index (χ1n) is 12.1. The molecule has 1 rings (SSSR count). The van der Waals surface area contributed by atoms with E-state index in [0.717, 1.165) is 5.56 Å². The van der Waals surface area contributed by atoms with Crippen LogP contribution in [0.25, 0.3) is 0 Å². The lowest BCUT2D eigenvalue weighted by molar-refractivity contribution is -0.147. The molecule has 214 valence electrons. The van der Waals surface area contributed by atoms with Crippen LogP contribution in [-0.2, 0) is 44.9 Å². The molecule has 0 saturated carbocycles. The Morgan fingerprint density at radius 1 is 0.769 bits per heavy atom. The fourth-order valence-electron chi connectivity index (χ4n) is 3.22. The maximum Gasteiger partial charge on any atom is 0.326 e. The second-order valence-electron chi connectivity index (χ2n) is 8.63. The van der Waals surface area contributed by atoms with Gasteiger partial charge in [-0.05, 0) is 31.7 Å². The molecule has 0 spiro atoms. The minimum absolute atomic E-state index is 0.00198. The maximum atomic E-state index is 12.5. The van der Waals surface area contributed by atoms with Crippen molar-refractivity contribution < 1.29 is 53.6 Å². The zero-order chi connectivity index (χ0) is 29.4. The van der Waals surface area contributed by atoms with E-state index in [1.165, 1.54) is 6.92 Å². The lowest BCUT2D eigenvalue weighted by Gasteiger charge is -2.22. The summed E-state index contributed by atoms with van der Waals surface area (Å²) < 4.78 is 5.15. The van der Waals surface area contributed by atoms with E-state index in [1.807, 2.05) is 35.6 Å². The first-order chi connectivity index (χ1) is 18.4. The molecule has 3 amide bonds. The number of hydrogen-bond donors (Lipinski definition) is 6. The van der Waals surface area contributed by atoms with Crippen LogP contribution in [-0.4, -0.2) is 75.0 Å². The third-order valence-electron chi connectivity index (χ3n) is 5.32. The summed E-state index contributed by atoms with van der Waals surface area (Å²) >= 11 is 0. The fourth-order valence-corrected chi connectivity index (χ4v) is 3.22. The van der Waals surface area contributed by atoms with Gasteiger partial charge >= 0.3 is 23.9 Å². The van der Waals surface area contributed by atoms with Crippen molar-refractivity contribution in [1.82, 2.24) is 16.0 Å². The van der Waals surface area contributed by atoms with Crippen LogP contribution < -0.4 is 16.0 Å². The van der Waals surface area contributed by atoms with E-state index >= 15 is 0 Å². The third kappa shape index (κ3) is 14.1. The number of carbonyl (C=O) groups excluding carboxylic acids is 4. The number of ether oxygens (including phenoxy) is 1. The average molecular weight is 552 g/mol. The van der Waals surface area contributed by atoms with Crippen molar-refractivity contribution in [3.05, 3.63) is 35.9 Å². The predicted molar refractivity (Wildman–Crippen MR) is 133 cm³/mol. The van der Waals surface area contributed by atoms with Gasteiger partial charge in [-0.15, -0.1) is 0 Å². The second-order valence-corrected chi connectivity index (χ2v) is 8.63. The van der Waals surface area contributed by atoms with Crippen LogP contribution in [0.2, 0.25) is 0 Å². The Morgan fingerprint density at radius 3 is 1.97 bits per heavy atom. The number of hydrogen-bond acceptors (Lipinski definition) is 8. The van der Waals surface area contributed by atoms with Crippen LogP contribution in [0.3, 0.4) is 0 Å². The molecule has 0 heterocycles. The largest absolute Gasteiger partial charge is 0.481 e. The maximum absolute atomic E-state index is 12.5. The molecule has 3 unspecified atom stereocenters. The highest BCUT2D eigenvalue weighted by Gasteiger charge is 2.29. The summed E-state index contributed by atoms with van der Waals surface area (Å²) in [5.41, 5.74) is 0.849. The zero-order valence-corrected chi connectivity index (χ0v) is 21.4. The lowest BCUT2D eigenvalue weighted by atomic mass is 10.1. The summed E-state index contributed by atoms with van der Waals surface area (Å²) in [6.07, 6.45) is -1.07. The van der Waals surface area contributed by atoms with Crippen LogP contribution in [0.15, 0.2) is 30.3 Å². The van der Waals surface area contributed by atoms with Gasteiger partial charge in [0.1, 0.15) is 24.7 Å². The van der Waals surface area contributed by atoms with Gasteiger partial charge in [0.05, 0.1) is 6.42 Å². The smallest absolute Gasteiger partial charge is 0.326 e. The lowest BCUT2D eigenvalue weighted by Crippen LogP contribution is -2.55. The molecule has 6 N–H and O–H groups in total. The van der Waals surface area contributed by atoms with Gasteiger partial charge in [0, 0.05) is 19.3 Å². The van der Waals surface area contributed by atoms with Gasteiger partial charge in [-0.3, -0.25) is 28.8 Å². The van der Waals surface area contributed by atoms with Gasteiger partial charge in [-0.2, -0.15) is 0 Å². The summed E-state index contributed by atoms with van der Waals surface area (Å²) in [6.45, 7) is 1.47. The van der Waals surface area contributed by atoms with Crippen molar-refractivity contribution in [3.8, 4) is 0 Å². The van der Waals surface area contributed by atoms with E-state index in [0.29, 0.717) is 12.8 Å².